The van der Waals surface area contributed by atoms with Gasteiger partial charge in [-0.1, -0.05) is 0 Å². The van der Waals surface area contributed by atoms with Gasteiger partial charge in [0, 0.05) is 0 Å². The van der Waals surface area contributed by atoms with Gasteiger partial charge in [-0.25, -0.2) is 0 Å². The van der Waals surface area contributed by atoms with E-state index in [-0.39, 0.29) is 7.69 Å². The van der Waals surface area contributed by atoms with Gasteiger partial charge < -0.3 is 21.9 Å². The van der Waals surface area contributed by atoms with Gasteiger partial charge in [0.05, 0.1) is 0 Å². The maximum absolute atomic E-state index is 7.00. The summed E-state index contributed by atoms with van der Waals surface area (Å²) < 4.78 is 0. The van der Waals surface area contributed by atoms with Crippen LogP contribution < -0.4 is 0 Å². The molecule has 0 aromatic carbocycles. The van der Waals surface area contributed by atoms with Gasteiger partial charge in [-0.2, -0.15) is 0 Å². The molecule has 3 nitrogen and oxygen atoms in total. The number of hydrogen-bond acceptors (Lipinski definition) is 3. The summed E-state index contributed by atoms with van der Waals surface area (Å²) in [6.45, 7) is 4.75. The molecule has 0 spiro atoms. The van der Waals surface area contributed by atoms with E-state index < -0.39 is 0 Å². The second-order valence-corrected chi connectivity index (χ2v) is 0.115. The van der Waals surface area contributed by atoms with E-state index in [2.05, 4.69) is 0 Å². The van der Waals surface area contributed by atoms with Crippen LogP contribution in [0.3, 0.4) is 0 Å². The Balaban J connectivity index is 0. The molecule has 0 saturated heterocycles. The van der Waals surface area contributed by atoms with Crippen molar-refractivity contribution < 1.29 is 10.0 Å². The number of nitrogens with zero attached hydrogens (tertiary/aromatic N) is 1. The first-order valence-electron chi connectivity index (χ1n) is 0.740. The highest BCUT2D eigenvalue weighted by Crippen LogP contribution is 1.08. The van der Waals surface area contributed by atoms with Crippen molar-refractivity contribution >= 4 is 7.69 Å². The standard InChI is InChI=1S/CN.BH2O2/c1-2;2-1-3/h;2-3H/q-1;. The molecule has 0 aliphatic carbocycles. The second kappa shape index (κ2) is 94.4. The lowest BCUT2D eigenvalue weighted by Crippen LogP contribution is -1.75. The van der Waals surface area contributed by atoms with Crippen LogP contribution in [0.1, 0.15) is 0 Å². The molecule has 0 fully saturated rings. The van der Waals surface area contributed by atoms with E-state index in [0.29, 0.717) is 0 Å². The highest BCUT2D eigenvalue weighted by atomic mass is 16.4. The van der Waals surface area contributed by atoms with E-state index in [1.54, 1.807) is 0 Å². The average Bonchev–Trinajstić information content (AvgIpc) is 1.46. The molecule has 0 aromatic rings. The van der Waals surface area contributed by atoms with Crippen molar-refractivity contribution in [3.63, 3.8) is 0 Å². The maximum Gasteiger partial charge on any atom is 0.482 e. The Morgan fingerprint density at radius 2 is 1.40 bits per heavy atom. The fraction of sp³-hybridized carbons (Fsp3) is 0. The van der Waals surface area contributed by atoms with Crippen molar-refractivity contribution in [1.29, 1.82) is 5.26 Å². The summed E-state index contributed by atoms with van der Waals surface area (Å²) in [5.74, 6) is 0. The van der Waals surface area contributed by atoms with Gasteiger partial charge in [-0.05, 0) is 0 Å². The van der Waals surface area contributed by atoms with Crippen LogP contribution in [0, 0.1) is 11.8 Å². The Labute approximate surface area is 30.8 Å². The number of hydrogen-bond donors (Lipinski definition) is 2. The molecule has 0 rings (SSSR count). The van der Waals surface area contributed by atoms with Crippen LogP contribution in [0.5, 0.6) is 0 Å². The summed E-state index contributed by atoms with van der Waals surface area (Å²) in [4.78, 5) is 0. The van der Waals surface area contributed by atoms with Crippen LogP contribution in [-0.4, -0.2) is 17.7 Å². The molecule has 27 valence electrons. The fourth-order valence-corrected chi connectivity index (χ4v) is 0. The van der Waals surface area contributed by atoms with E-state index in [1.165, 1.54) is 0 Å². The lowest BCUT2D eigenvalue weighted by molar-refractivity contribution is 0.448. The molecule has 0 aliphatic rings. The van der Waals surface area contributed by atoms with Crippen molar-refractivity contribution in [2.75, 3.05) is 0 Å². The van der Waals surface area contributed by atoms with Gasteiger partial charge in [0.15, 0.2) is 0 Å². The summed E-state index contributed by atoms with van der Waals surface area (Å²) in [5.41, 5.74) is 0. The fourth-order valence-electron chi connectivity index (χ4n) is 0. The molecule has 1 radical (unpaired) electrons. The molecule has 4 heteroatoms. The van der Waals surface area contributed by atoms with E-state index in [0.717, 1.165) is 0 Å². The zero-order valence-electron chi connectivity index (χ0n) is 2.42. The minimum atomic E-state index is 0. The largest absolute Gasteiger partial charge is 0.512 e. The lowest BCUT2D eigenvalue weighted by atomic mass is 10.5. The molecule has 0 bridgehead atoms. The summed E-state index contributed by atoms with van der Waals surface area (Å²) in [7, 11) is 0. The zero-order chi connectivity index (χ0) is 4.71. The zero-order valence-corrected chi connectivity index (χ0v) is 2.42. The molecule has 2 N–H and O–H groups in total. The third-order valence-electron chi connectivity index (χ3n) is 0. The van der Waals surface area contributed by atoms with Crippen LogP contribution in [0.4, 0.5) is 0 Å². The molecule has 0 heterocycles. The molecule has 0 amide bonds. The Hall–Kier alpha value is -0.525. The topological polar surface area (TPSA) is 64.2 Å². The average molecular weight is 70.8 g/mol. The third-order valence-corrected chi connectivity index (χ3v) is 0. The minimum Gasteiger partial charge on any atom is -0.512 e. The van der Waals surface area contributed by atoms with E-state index in [4.69, 9.17) is 21.9 Å². The Morgan fingerprint density at radius 1 is 1.40 bits per heavy atom. The van der Waals surface area contributed by atoms with Gasteiger partial charge in [0.1, 0.15) is 0 Å². The van der Waals surface area contributed by atoms with Gasteiger partial charge in [0.2, 0.25) is 0 Å². The van der Waals surface area contributed by atoms with E-state index in [1.807, 2.05) is 0 Å². The van der Waals surface area contributed by atoms with E-state index in [9.17, 15) is 0 Å². The molecule has 0 unspecified atom stereocenters. The first-order chi connectivity index (χ1) is 2.41. The molecule has 0 aromatic heterocycles. The maximum atomic E-state index is 7.00. The molecule has 0 atom stereocenters. The Kier molecular flexibility index (Phi) is 166. The third kappa shape index (κ3) is 27.4. The summed E-state index contributed by atoms with van der Waals surface area (Å²) in [5, 5.41) is 20.2. The molecular weight excluding hydrogens is 68.8 g/mol. The Morgan fingerprint density at radius 3 is 1.40 bits per heavy atom. The van der Waals surface area contributed by atoms with Crippen molar-refractivity contribution in [2.45, 2.75) is 0 Å². The SMILES string of the molecule is O[B]O.[C-]#N. The highest BCUT2D eigenvalue weighted by molar-refractivity contribution is 6.13. The monoisotopic (exact) mass is 71.0 g/mol. The predicted octanol–water partition coefficient (Wildman–Crippen LogP) is -1.40. The molecule has 5 heavy (non-hydrogen) atoms. The number of rotatable bonds is 0. The van der Waals surface area contributed by atoms with Crippen molar-refractivity contribution in [2.24, 2.45) is 0 Å². The smallest absolute Gasteiger partial charge is 0.482 e. The quantitative estimate of drug-likeness (QED) is 0.272. The normalized spacial score (nSPS) is 3.20. The Bertz CT molecular complexity index is 20.9. The van der Waals surface area contributed by atoms with Crippen molar-refractivity contribution in [3.05, 3.63) is 6.57 Å². The molecule has 0 saturated carbocycles. The van der Waals surface area contributed by atoms with Crippen molar-refractivity contribution in [3.8, 4) is 0 Å². The van der Waals surface area contributed by atoms with Gasteiger partial charge in [0.25, 0.3) is 0 Å². The van der Waals surface area contributed by atoms with Crippen molar-refractivity contribution in [1.82, 2.24) is 0 Å². The first-order valence-corrected chi connectivity index (χ1v) is 0.740. The van der Waals surface area contributed by atoms with Gasteiger partial charge in [-0.3, -0.25) is 0 Å². The van der Waals surface area contributed by atoms with Crippen LogP contribution in [0.25, 0.3) is 0 Å². The van der Waals surface area contributed by atoms with Crippen LogP contribution in [0.2, 0.25) is 0 Å². The molecular formula is CH2BNO2-. The summed E-state index contributed by atoms with van der Waals surface area (Å²) in [6, 6.07) is 0. The van der Waals surface area contributed by atoms with Crippen LogP contribution in [0.15, 0.2) is 0 Å². The highest BCUT2D eigenvalue weighted by Gasteiger charge is 1.51. The predicted molar refractivity (Wildman–Crippen MR) is 15.2 cm³/mol. The minimum absolute atomic E-state index is 0. The second-order valence-electron chi connectivity index (χ2n) is 0.115. The van der Waals surface area contributed by atoms with Gasteiger partial charge >= 0.3 is 7.69 Å². The molecule has 0 aliphatic heterocycles. The van der Waals surface area contributed by atoms with Crippen LogP contribution >= 0.6 is 0 Å². The van der Waals surface area contributed by atoms with Crippen LogP contribution in [-0.2, 0) is 0 Å². The van der Waals surface area contributed by atoms with E-state index >= 15 is 0 Å². The summed E-state index contributed by atoms with van der Waals surface area (Å²) in [6.07, 6.45) is 0. The van der Waals surface area contributed by atoms with Gasteiger partial charge in [-0.15, -0.1) is 0 Å². The lowest BCUT2D eigenvalue weighted by Gasteiger charge is -1.46. The first kappa shape index (κ1) is 8.82. The summed E-state index contributed by atoms with van der Waals surface area (Å²) >= 11 is 0.